The Bertz CT molecular complexity index is 831. The second kappa shape index (κ2) is 9.88. The maximum atomic E-state index is 12.9. The normalized spacial score (nSPS) is 14.5. The maximum absolute atomic E-state index is 12.9. The van der Waals surface area contributed by atoms with E-state index in [9.17, 15) is 14.4 Å². The summed E-state index contributed by atoms with van der Waals surface area (Å²) in [4.78, 5) is 35.9. The monoisotopic (exact) mass is 386 g/mol. The molecule has 2 rings (SSSR count). The summed E-state index contributed by atoms with van der Waals surface area (Å²) in [6.45, 7) is 1.62. The van der Waals surface area contributed by atoms with Crippen molar-refractivity contribution in [2.45, 2.75) is 45.4 Å². The number of carboxylic acids is 1. The molecule has 1 aromatic carbocycles. The number of allylic oxidation sites excluding steroid dienone is 2. The van der Waals surface area contributed by atoms with Crippen LogP contribution < -0.4 is 0 Å². The number of rotatable bonds is 10. The number of hydrogen-bond donors (Lipinski definition) is 1. The van der Waals surface area contributed by atoms with Gasteiger partial charge >= 0.3 is 5.97 Å². The third kappa shape index (κ3) is 4.88. The third-order valence-corrected chi connectivity index (χ3v) is 4.79. The van der Waals surface area contributed by atoms with E-state index in [-0.39, 0.29) is 29.5 Å². The Morgan fingerprint density at radius 1 is 0.964 bits per heavy atom. The van der Waals surface area contributed by atoms with Crippen molar-refractivity contribution in [2.24, 2.45) is 0 Å². The number of unbranched alkanes of at least 4 members (excludes halogenated alkanes) is 3. The summed E-state index contributed by atoms with van der Waals surface area (Å²) in [6.07, 6.45) is 4.48. The van der Waals surface area contributed by atoms with E-state index in [1.807, 2.05) is 24.3 Å². The zero-order chi connectivity index (χ0) is 20.7. The largest absolute Gasteiger partial charge is 0.489 e. The fourth-order valence-corrected chi connectivity index (χ4v) is 3.33. The second-order valence-corrected chi connectivity index (χ2v) is 6.73. The van der Waals surface area contributed by atoms with E-state index in [0.29, 0.717) is 23.1 Å². The molecule has 6 heteroatoms. The lowest BCUT2D eigenvalue weighted by atomic mass is 9.87. The molecule has 6 nitrogen and oxygen atoms in total. The van der Waals surface area contributed by atoms with Crippen molar-refractivity contribution in [1.29, 1.82) is 0 Å². The number of carboxylic acid groups (broad SMARTS) is 1. The van der Waals surface area contributed by atoms with E-state index < -0.39 is 5.97 Å². The van der Waals surface area contributed by atoms with Gasteiger partial charge in [-0.1, -0.05) is 37.1 Å². The number of Topliss-reactive ketones (excluding diaryl/α,β-unsaturated/α-hetero) is 2. The van der Waals surface area contributed by atoms with Gasteiger partial charge in [0, 0.05) is 17.6 Å². The number of carbonyl (C=O) groups is 3. The molecule has 1 aliphatic carbocycles. The highest BCUT2D eigenvalue weighted by Gasteiger charge is 2.35. The van der Waals surface area contributed by atoms with Crippen molar-refractivity contribution in [2.75, 3.05) is 14.2 Å². The van der Waals surface area contributed by atoms with Crippen molar-refractivity contribution < 1.29 is 29.0 Å². The van der Waals surface area contributed by atoms with E-state index >= 15 is 0 Å². The van der Waals surface area contributed by atoms with Crippen LogP contribution in [0.3, 0.4) is 0 Å². The molecule has 0 radical (unpaired) electrons. The molecule has 1 N–H and O–H groups in total. The van der Waals surface area contributed by atoms with Crippen molar-refractivity contribution in [3.63, 3.8) is 0 Å². The first-order chi connectivity index (χ1) is 13.4. The number of aryl methyl sites for hydroxylation is 1. The number of ketones is 2. The first kappa shape index (κ1) is 21.4. The van der Waals surface area contributed by atoms with Gasteiger partial charge in [0.2, 0.25) is 23.1 Å². The van der Waals surface area contributed by atoms with Crippen LogP contribution in [0.5, 0.6) is 0 Å². The Morgan fingerprint density at radius 3 is 2.25 bits per heavy atom. The minimum atomic E-state index is -0.760. The van der Waals surface area contributed by atoms with Crippen LogP contribution in [0.2, 0.25) is 0 Å². The molecule has 28 heavy (non-hydrogen) atoms. The number of carbonyl (C=O) groups excluding carboxylic acids is 2. The van der Waals surface area contributed by atoms with Gasteiger partial charge in [-0.3, -0.25) is 14.4 Å². The standard InChI is InChI=1S/C22H26O6/c1-14-18(20(26)22(28-3)21(27-2)19(14)25)16-11-8-10-15(13-16)9-6-4-5-7-12-17(23)24/h8,10-11,13H,4-7,9,12H2,1-3H3,(H,23,24). The topological polar surface area (TPSA) is 89.9 Å². The molecule has 0 atom stereocenters. The fraction of sp³-hybridized carbons (Fsp3) is 0.409. The van der Waals surface area contributed by atoms with Crippen LogP contribution in [0, 0.1) is 0 Å². The Balaban J connectivity index is 2.12. The van der Waals surface area contributed by atoms with Crippen LogP contribution in [0.1, 0.15) is 50.2 Å². The van der Waals surface area contributed by atoms with Gasteiger partial charge in [-0.15, -0.1) is 0 Å². The van der Waals surface area contributed by atoms with Crippen molar-refractivity contribution in [1.82, 2.24) is 0 Å². The molecule has 1 aliphatic rings. The molecule has 0 heterocycles. The van der Waals surface area contributed by atoms with Gasteiger partial charge in [0.15, 0.2) is 0 Å². The molecule has 0 spiro atoms. The highest BCUT2D eigenvalue weighted by Crippen LogP contribution is 2.32. The molecule has 1 aromatic rings. The molecule has 0 saturated heterocycles. The molecule has 0 aliphatic heterocycles. The zero-order valence-electron chi connectivity index (χ0n) is 16.5. The highest BCUT2D eigenvalue weighted by molar-refractivity contribution is 6.38. The van der Waals surface area contributed by atoms with E-state index in [2.05, 4.69) is 0 Å². The molecular formula is C22H26O6. The number of methoxy groups -OCH3 is 2. The number of hydrogen-bond acceptors (Lipinski definition) is 5. The highest BCUT2D eigenvalue weighted by atomic mass is 16.5. The predicted octanol–water partition coefficient (Wildman–Crippen LogP) is 3.69. The van der Waals surface area contributed by atoms with Gasteiger partial charge in [0.05, 0.1) is 14.2 Å². The van der Waals surface area contributed by atoms with Crippen LogP contribution in [0.25, 0.3) is 5.57 Å². The summed E-state index contributed by atoms with van der Waals surface area (Å²) in [5.74, 6) is -1.60. The van der Waals surface area contributed by atoms with Gasteiger partial charge in [0.1, 0.15) is 0 Å². The molecule has 0 bridgehead atoms. The van der Waals surface area contributed by atoms with Gasteiger partial charge in [0.25, 0.3) is 0 Å². The lowest BCUT2D eigenvalue weighted by molar-refractivity contribution is -0.137. The fourth-order valence-electron chi connectivity index (χ4n) is 3.33. The summed E-state index contributed by atoms with van der Waals surface area (Å²) >= 11 is 0. The smallest absolute Gasteiger partial charge is 0.303 e. The average Bonchev–Trinajstić information content (AvgIpc) is 2.67. The minimum absolute atomic E-state index is 0.0636. The Kier molecular flexibility index (Phi) is 7.55. The molecule has 0 saturated carbocycles. The second-order valence-electron chi connectivity index (χ2n) is 6.73. The quantitative estimate of drug-likeness (QED) is 0.487. The van der Waals surface area contributed by atoms with Gasteiger partial charge in [-0.25, -0.2) is 0 Å². The molecule has 0 amide bonds. The molecule has 150 valence electrons. The van der Waals surface area contributed by atoms with Crippen LogP contribution in [-0.2, 0) is 30.3 Å². The van der Waals surface area contributed by atoms with Crippen LogP contribution in [0.15, 0.2) is 41.4 Å². The Hall–Kier alpha value is -2.89. The first-order valence-electron chi connectivity index (χ1n) is 9.34. The summed E-state index contributed by atoms with van der Waals surface area (Å²) in [7, 11) is 2.69. The number of benzene rings is 1. The number of ether oxygens (including phenoxy) is 2. The van der Waals surface area contributed by atoms with E-state index in [1.165, 1.54) is 14.2 Å². The van der Waals surface area contributed by atoms with Crippen molar-refractivity contribution in [3.05, 3.63) is 52.5 Å². The van der Waals surface area contributed by atoms with E-state index in [1.54, 1.807) is 6.92 Å². The predicted molar refractivity (Wildman–Crippen MR) is 105 cm³/mol. The zero-order valence-corrected chi connectivity index (χ0v) is 16.5. The molecule has 0 unspecified atom stereocenters. The Morgan fingerprint density at radius 2 is 1.61 bits per heavy atom. The van der Waals surface area contributed by atoms with Crippen LogP contribution in [-0.4, -0.2) is 36.9 Å². The average molecular weight is 386 g/mol. The van der Waals surface area contributed by atoms with E-state index in [0.717, 1.165) is 31.2 Å². The molecular weight excluding hydrogens is 360 g/mol. The van der Waals surface area contributed by atoms with Gasteiger partial charge in [-0.05, 0) is 37.3 Å². The maximum Gasteiger partial charge on any atom is 0.303 e. The van der Waals surface area contributed by atoms with Crippen molar-refractivity contribution in [3.8, 4) is 0 Å². The van der Waals surface area contributed by atoms with Gasteiger partial charge < -0.3 is 14.6 Å². The van der Waals surface area contributed by atoms with Crippen molar-refractivity contribution >= 4 is 23.1 Å². The summed E-state index contributed by atoms with van der Waals surface area (Å²) < 4.78 is 10.2. The van der Waals surface area contributed by atoms with Crippen LogP contribution >= 0.6 is 0 Å². The lowest BCUT2D eigenvalue weighted by Crippen LogP contribution is -2.24. The molecule has 0 fully saturated rings. The third-order valence-electron chi connectivity index (χ3n) is 4.79. The SMILES string of the molecule is COC1=C(OC)C(=O)C(c2cccc(CCCCCCC(=O)O)c2)=C(C)C1=O. The summed E-state index contributed by atoms with van der Waals surface area (Å²) in [5, 5.41) is 8.66. The summed E-state index contributed by atoms with van der Waals surface area (Å²) in [5.41, 5.74) is 2.43. The van der Waals surface area contributed by atoms with Crippen LogP contribution in [0.4, 0.5) is 0 Å². The minimum Gasteiger partial charge on any atom is -0.489 e. The van der Waals surface area contributed by atoms with Gasteiger partial charge in [-0.2, -0.15) is 0 Å². The first-order valence-corrected chi connectivity index (χ1v) is 9.34. The lowest BCUT2D eigenvalue weighted by Gasteiger charge is -2.20. The summed E-state index contributed by atoms with van der Waals surface area (Å²) in [6, 6.07) is 7.59. The number of aliphatic carboxylic acids is 1. The molecule has 0 aromatic heterocycles. The Labute approximate surface area is 164 Å². The van der Waals surface area contributed by atoms with E-state index in [4.69, 9.17) is 14.6 Å².